The van der Waals surface area contributed by atoms with Crippen LogP contribution in [0.2, 0.25) is 0 Å². The van der Waals surface area contributed by atoms with Gasteiger partial charge in [0.05, 0.1) is 12.9 Å². The molecule has 0 unspecified atom stereocenters. The Morgan fingerprint density at radius 3 is 2.69 bits per heavy atom. The molecule has 150 valence electrons. The van der Waals surface area contributed by atoms with Crippen LogP contribution < -0.4 is 10.1 Å². The SMILES string of the molecule is C=CCn1c(SCC(=O)Nc2ccc(Br)c(C)c2)nnc1-c1ccc(OC)cc1. The van der Waals surface area contributed by atoms with Gasteiger partial charge in [-0.1, -0.05) is 33.8 Å². The molecule has 0 aliphatic heterocycles. The molecule has 1 heterocycles. The van der Waals surface area contributed by atoms with Crippen molar-refractivity contribution in [3.05, 3.63) is 65.2 Å². The van der Waals surface area contributed by atoms with E-state index in [-0.39, 0.29) is 11.7 Å². The van der Waals surface area contributed by atoms with Gasteiger partial charge < -0.3 is 10.1 Å². The number of hydrogen-bond acceptors (Lipinski definition) is 5. The minimum absolute atomic E-state index is 0.101. The number of ether oxygens (including phenoxy) is 1. The maximum absolute atomic E-state index is 12.4. The van der Waals surface area contributed by atoms with Gasteiger partial charge >= 0.3 is 0 Å². The minimum atomic E-state index is -0.101. The van der Waals surface area contributed by atoms with Crippen LogP contribution in [0.25, 0.3) is 11.4 Å². The Bertz CT molecular complexity index is 1020. The zero-order valence-electron chi connectivity index (χ0n) is 16.2. The molecule has 0 atom stereocenters. The van der Waals surface area contributed by atoms with Crippen LogP contribution in [0.15, 0.2) is 64.7 Å². The van der Waals surface area contributed by atoms with E-state index in [2.05, 4.69) is 38.0 Å². The summed E-state index contributed by atoms with van der Waals surface area (Å²) in [4.78, 5) is 12.4. The molecule has 3 rings (SSSR count). The highest BCUT2D eigenvalue weighted by molar-refractivity contribution is 9.10. The van der Waals surface area contributed by atoms with Gasteiger partial charge in [0.15, 0.2) is 11.0 Å². The van der Waals surface area contributed by atoms with Gasteiger partial charge in [-0.3, -0.25) is 9.36 Å². The average molecular weight is 473 g/mol. The van der Waals surface area contributed by atoms with Crippen molar-refractivity contribution < 1.29 is 9.53 Å². The third-order valence-electron chi connectivity index (χ3n) is 4.15. The van der Waals surface area contributed by atoms with Crippen LogP contribution in [0.4, 0.5) is 5.69 Å². The summed E-state index contributed by atoms with van der Waals surface area (Å²) >= 11 is 4.80. The smallest absolute Gasteiger partial charge is 0.234 e. The lowest BCUT2D eigenvalue weighted by Gasteiger charge is -2.09. The van der Waals surface area contributed by atoms with Crippen molar-refractivity contribution in [1.82, 2.24) is 14.8 Å². The number of halogens is 1. The van der Waals surface area contributed by atoms with E-state index >= 15 is 0 Å². The second-order valence-electron chi connectivity index (χ2n) is 6.23. The van der Waals surface area contributed by atoms with Crippen molar-refractivity contribution >= 4 is 39.3 Å². The summed E-state index contributed by atoms with van der Waals surface area (Å²) in [7, 11) is 1.63. The highest BCUT2D eigenvalue weighted by Gasteiger charge is 2.15. The lowest BCUT2D eigenvalue weighted by molar-refractivity contribution is -0.113. The van der Waals surface area contributed by atoms with Crippen LogP contribution in [0.1, 0.15) is 5.56 Å². The van der Waals surface area contributed by atoms with Crippen molar-refractivity contribution in [2.75, 3.05) is 18.2 Å². The number of nitrogens with one attached hydrogen (secondary N) is 1. The molecule has 6 nitrogen and oxygen atoms in total. The van der Waals surface area contributed by atoms with Crippen molar-refractivity contribution in [1.29, 1.82) is 0 Å². The molecule has 0 aliphatic rings. The second kappa shape index (κ2) is 9.76. The van der Waals surface area contributed by atoms with Crippen molar-refractivity contribution in [3.8, 4) is 17.1 Å². The highest BCUT2D eigenvalue weighted by Crippen LogP contribution is 2.26. The summed E-state index contributed by atoms with van der Waals surface area (Å²) in [6.45, 7) is 6.34. The molecule has 0 saturated carbocycles. The lowest BCUT2D eigenvalue weighted by atomic mass is 10.2. The average Bonchev–Trinajstić information content (AvgIpc) is 3.12. The number of methoxy groups -OCH3 is 1. The normalized spacial score (nSPS) is 10.6. The molecule has 8 heteroatoms. The molecule has 1 amide bonds. The number of aromatic nitrogens is 3. The molecule has 2 aromatic carbocycles. The molecule has 3 aromatic rings. The number of rotatable bonds is 8. The molecule has 29 heavy (non-hydrogen) atoms. The zero-order chi connectivity index (χ0) is 20.8. The predicted octanol–water partition coefficient (Wildman–Crippen LogP) is 4.94. The fraction of sp³-hybridized carbons (Fsp3) is 0.190. The number of aryl methyl sites for hydroxylation is 1. The van der Waals surface area contributed by atoms with E-state index < -0.39 is 0 Å². The van der Waals surface area contributed by atoms with Gasteiger partial charge in [0, 0.05) is 22.3 Å². The van der Waals surface area contributed by atoms with Crippen LogP contribution in [-0.2, 0) is 11.3 Å². The Morgan fingerprint density at radius 1 is 1.28 bits per heavy atom. The summed E-state index contributed by atoms with van der Waals surface area (Å²) in [5.74, 6) is 1.63. The number of allylic oxidation sites excluding steroid dienone is 1. The number of carbonyl (C=O) groups excluding carboxylic acids is 1. The van der Waals surface area contributed by atoms with E-state index in [0.717, 1.165) is 32.9 Å². The summed E-state index contributed by atoms with van der Waals surface area (Å²) in [6.07, 6.45) is 1.78. The Kier molecular flexibility index (Phi) is 7.11. The molecular formula is C21H21BrN4O2S. The third-order valence-corrected chi connectivity index (χ3v) is 6.01. The largest absolute Gasteiger partial charge is 0.497 e. The highest BCUT2D eigenvalue weighted by atomic mass is 79.9. The Balaban J connectivity index is 1.71. The van der Waals surface area contributed by atoms with Gasteiger partial charge in [-0.15, -0.1) is 16.8 Å². The molecule has 1 aromatic heterocycles. The van der Waals surface area contributed by atoms with Gasteiger partial charge in [0.25, 0.3) is 0 Å². The standard InChI is InChI=1S/C21H21BrN4O2S/c1-4-11-26-20(15-5-8-17(28-3)9-6-15)24-25-21(26)29-13-19(27)23-16-7-10-18(22)14(2)12-16/h4-10,12H,1,11,13H2,2-3H3,(H,23,27). The van der Waals surface area contributed by atoms with Gasteiger partial charge in [0.1, 0.15) is 5.75 Å². The molecule has 0 saturated heterocycles. The third kappa shape index (κ3) is 5.27. The zero-order valence-corrected chi connectivity index (χ0v) is 18.6. The molecule has 0 spiro atoms. The Morgan fingerprint density at radius 2 is 2.03 bits per heavy atom. The monoisotopic (exact) mass is 472 g/mol. The van der Waals surface area contributed by atoms with Crippen molar-refractivity contribution in [2.24, 2.45) is 0 Å². The van der Waals surface area contributed by atoms with E-state index in [1.165, 1.54) is 11.8 Å². The quantitative estimate of drug-likeness (QED) is 0.371. The van der Waals surface area contributed by atoms with E-state index in [1.807, 2.05) is 54.0 Å². The van der Waals surface area contributed by atoms with Crippen LogP contribution >= 0.6 is 27.7 Å². The molecule has 0 bridgehead atoms. The fourth-order valence-electron chi connectivity index (χ4n) is 2.69. The first-order chi connectivity index (χ1) is 14.0. The minimum Gasteiger partial charge on any atom is -0.497 e. The molecule has 0 radical (unpaired) electrons. The number of nitrogens with zero attached hydrogens (tertiary/aromatic N) is 3. The summed E-state index contributed by atoms with van der Waals surface area (Å²) in [6, 6.07) is 13.3. The van der Waals surface area contributed by atoms with E-state index in [9.17, 15) is 4.79 Å². The van der Waals surface area contributed by atoms with E-state index in [0.29, 0.717) is 11.7 Å². The fourth-order valence-corrected chi connectivity index (χ4v) is 3.69. The second-order valence-corrected chi connectivity index (χ2v) is 8.03. The molecule has 0 fully saturated rings. The van der Waals surface area contributed by atoms with Crippen LogP contribution in [-0.4, -0.2) is 33.5 Å². The Hall–Kier alpha value is -2.58. The number of hydrogen-bond donors (Lipinski definition) is 1. The molecule has 1 N–H and O–H groups in total. The first kappa shape index (κ1) is 21.1. The first-order valence-electron chi connectivity index (χ1n) is 8.89. The van der Waals surface area contributed by atoms with Crippen molar-refractivity contribution in [3.63, 3.8) is 0 Å². The Labute approximate surface area is 182 Å². The van der Waals surface area contributed by atoms with E-state index in [4.69, 9.17) is 4.74 Å². The maximum Gasteiger partial charge on any atom is 0.234 e. The first-order valence-corrected chi connectivity index (χ1v) is 10.7. The summed E-state index contributed by atoms with van der Waals surface area (Å²) in [5, 5.41) is 12.2. The van der Waals surface area contributed by atoms with Gasteiger partial charge in [-0.2, -0.15) is 0 Å². The van der Waals surface area contributed by atoms with Crippen LogP contribution in [0.5, 0.6) is 5.75 Å². The van der Waals surface area contributed by atoms with Gasteiger partial charge in [-0.25, -0.2) is 0 Å². The number of thioether (sulfide) groups is 1. The van der Waals surface area contributed by atoms with Gasteiger partial charge in [-0.05, 0) is 55.0 Å². The van der Waals surface area contributed by atoms with E-state index in [1.54, 1.807) is 13.2 Å². The summed E-state index contributed by atoms with van der Waals surface area (Å²) < 4.78 is 8.15. The lowest BCUT2D eigenvalue weighted by Crippen LogP contribution is -2.14. The number of amides is 1. The molecular weight excluding hydrogens is 452 g/mol. The number of benzene rings is 2. The maximum atomic E-state index is 12.4. The number of carbonyl (C=O) groups is 1. The predicted molar refractivity (Wildman–Crippen MR) is 120 cm³/mol. The van der Waals surface area contributed by atoms with Gasteiger partial charge in [0.2, 0.25) is 5.91 Å². The van der Waals surface area contributed by atoms with Crippen molar-refractivity contribution in [2.45, 2.75) is 18.6 Å². The van der Waals surface area contributed by atoms with Crippen LogP contribution in [0, 0.1) is 6.92 Å². The number of anilines is 1. The topological polar surface area (TPSA) is 69.0 Å². The summed E-state index contributed by atoms with van der Waals surface area (Å²) in [5.41, 5.74) is 2.75. The molecule has 0 aliphatic carbocycles. The van der Waals surface area contributed by atoms with Crippen LogP contribution in [0.3, 0.4) is 0 Å².